The van der Waals surface area contributed by atoms with Gasteiger partial charge in [-0.15, -0.1) is 0 Å². The second-order valence-electron chi connectivity index (χ2n) is 16.9. The number of esters is 1. The number of carbonyl (C=O) groups excluding carboxylic acids is 8. The smallest absolute Gasteiger partial charge is 0.330 e. The predicted molar refractivity (Wildman–Crippen MR) is 210 cm³/mol. The molecule has 0 spiro atoms. The molecule has 9 atom stereocenters. The number of hydrogen-bond acceptors (Lipinski definition) is 11. The van der Waals surface area contributed by atoms with Gasteiger partial charge in [-0.05, 0) is 69.1 Å². The SMILES string of the molecule is CCC(C)C(NC(C)=O)C(=O)NC1C(=O)NC(CC(C)C)C(=O)NC(C(C)C)C(=O)N2NCCCC2C(=O)NC(CC(C)C)C(=O)N2NCCCC2C(=O)OC1C. The van der Waals surface area contributed by atoms with Crippen molar-refractivity contribution in [3.8, 4) is 0 Å². The van der Waals surface area contributed by atoms with Gasteiger partial charge in [0.25, 0.3) is 11.8 Å². The Hall–Kier alpha value is -4.32. The Morgan fingerprint density at radius 2 is 1.30 bits per heavy atom. The molecule has 0 bridgehead atoms. The van der Waals surface area contributed by atoms with E-state index in [2.05, 4.69) is 37.4 Å². The van der Waals surface area contributed by atoms with Gasteiger partial charge in [0, 0.05) is 20.0 Å². The molecule has 57 heavy (non-hydrogen) atoms. The van der Waals surface area contributed by atoms with Gasteiger partial charge in [-0.3, -0.25) is 43.6 Å². The molecule has 3 aliphatic rings. The maximum absolute atomic E-state index is 14.3. The molecule has 0 radical (unpaired) electrons. The normalized spacial score (nSPS) is 28.5. The fourth-order valence-corrected chi connectivity index (χ4v) is 7.30. The Bertz CT molecular complexity index is 1470. The van der Waals surface area contributed by atoms with Gasteiger partial charge in [0.1, 0.15) is 48.4 Å². The Balaban J connectivity index is 2.17. The van der Waals surface area contributed by atoms with Gasteiger partial charge in [0.2, 0.25) is 29.5 Å². The zero-order valence-corrected chi connectivity index (χ0v) is 35.4. The number of nitrogens with zero attached hydrogens (tertiary/aromatic N) is 2. The minimum Gasteiger partial charge on any atom is -0.458 e. The van der Waals surface area contributed by atoms with Crippen LogP contribution in [0.1, 0.15) is 114 Å². The Kier molecular flexibility index (Phi) is 17.7. The highest BCUT2D eigenvalue weighted by atomic mass is 16.5. The molecule has 7 amide bonds. The van der Waals surface area contributed by atoms with Gasteiger partial charge < -0.3 is 31.3 Å². The Morgan fingerprint density at radius 1 is 0.754 bits per heavy atom. The zero-order chi connectivity index (χ0) is 42.7. The first-order valence-electron chi connectivity index (χ1n) is 20.6. The fraction of sp³-hybridized carbons (Fsp3) is 0.795. The second-order valence-corrected chi connectivity index (χ2v) is 16.9. The quantitative estimate of drug-likeness (QED) is 0.147. The molecule has 3 heterocycles. The van der Waals surface area contributed by atoms with Crippen molar-refractivity contribution in [3.05, 3.63) is 0 Å². The highest BCUT2D eigenvalue weighted by Crippen LogP contribution is 2.21. The molecule has 322 valence electrons. The first-order valence-corrected chi connectivity index (χ1v) is 20.6. The van der Waals surface area contributed by atoms with Gasteiger partial charge >= 0.3 is 5.97 Å². The first-order chi connectivity index (χ1) is 26.8. The molecule has 0 aromatic heterocycles. The topological polar surface area (TPSA) is 236 Å². The van der Waals surface area contributed by atoms with Crippen LogP contribution in [0.2, 0.25) is 0 Å². The van der Waals surface area contributed by atoms with E-state index in [0.717, 1.165) is 0 Å². The molecule has 0 aliphatic carbocycles. The van der Waals surface area contributed by atoms with Crippen LogP contribution in [-0.4, -0.2) is 119 Å². The number of hydrogen-bond donors (Lipinski definition) is 7. The maximum Gasteiger partial charge on any atom is 0.330 e. The van der Waals surface area contributed by atoms with E-state index in [4.69, 9.17) is 4.74 Å². The average Bonchev–Trinajstić information content (AvgIpc) is 3.15. The minimum atomic E-state index is -1.55. The molecule has 3 rings (SSSR count). The Morgan fingerprint density at radius 3 is 1.84 bits per heavy atom. The van der Waals surface area contributed by atoms with Crippen LogP contribution in [0.4, 0.5) is 0 Å². The number of ether oxygens (including phenoxy) is 1. The summed E-state index contributed by atoms with van der Waals surface area (Å²) in [7, 11) is 0. The monoisotopic (exact) mass is 806 g/mol. The highest BCUT2D eigenvalue weighted by Gasteiger charge is 2.44. The number of hydrazine groups is 2. The van der Waals surface area contributed by atoms with Crippen molar-refractivity contribution in [2.45, 2.75) is 163 Å². The van der Waals surface area contributed by atoms with Gasteiger partial charge in [0.05, 0.1) is 0 Å². The van der Waals surface area contributed by atoms with Crippen LogP contribution < -0.4 is 37.4 Å². The molecule has 18 heteroatoms. The van der Waals surface area contributed by atoms with Crippen molar-refractivity contribution in [2.75, 3.05) is 13.1 Å². The zero-order valence-electron chi connectivity index (χ0n) is 35.4. The molecule has 0 saturated carbocycles. The van der Waals surface area contributed by atoms with E-state index in [1.54, 1.807) is 20.8 Å². The van der Waals surface area contributed by atoms with Crippen LogP contribution in [0.5, 0.6) is 0 Å². The van der Waals surface area contributed by atoms with Gasteiger partial charge in [0.15, 0.2) is 0 Å². The predicted octanol–water partition coefficient (Wildman–Crippen LogP) is 0.161. The van der Waals surface area contributed by atoms with Gasteiger partial charge in [-0.1, -0.05) is 61.8 Å². The lowest BCUT2D eigenvalue weighted by Gasteiger charge is -2.40. The van der Waals surface area contributed by atoms with Gasteiger partial charge in [-0.2, -0.15) is 0 Å². The second kappa shape index (κ2) is 21.4. The number of cyclic esters (lactones) is 1. The maximum atomic E-state index is 14.3. The van der Waals surface area contributed by atoms with Gasteiger partial charge in [-0.25, -0.2) is 15.6 Å². The van der Waals surface area contributed by atoms with Crippen LogP contribution in [0, 0.1) is 23.7 Å². The van der Waals surface area contributed by atoms with Crippen LogP contribution in [-0.2, 0) is 43.1 Å². The van der Waals surface area contributed by atoms with Crippen molar-refractivity contribution in [1.29, 1.82) is 0 Å². The van der Waals surface area contributed by atoms with Crippen LogP contribution >= 0.6 is 0 Å². The molecule has 7 N–H and O–H groups in total. The molecule has 9 unspecified atom stereocenters. The number of rotatable bonds is 10. The summed E-state index contributed by atoms with van der Waals surface area (Å²) in [5, 5.41) is 16.1. The van der Waals surface area contributed by atoms with Crippen molar-refractivity contribution in [2.24, 2.45) is 23.7 Å². The number of amides is 7. The lowest BCUT2D eigenvalue weighted by atomic mass is 9.97. The summed E-state index contributed by atoms with van der Waals surface area (Å²) in [6.45, 7) is 18.0. The summed E-state index contributed by atoms with van der Waals surface area (Å²) >= 11 is 0. The van der Waals surface area contributed by atoms with Crippen LogP contribution in [0.3, 0.4) is 0 Å². The molecule has 3 aliphatic heterocycles. The van der Waals surface area contributed by atoms with Crippen LogP contribution in [0.15, 0.2) is 0 Å². The number of fused-ring (bicyclic) bond motifs is 2. The van der Waals surface area contributed by atoms with E-state index in [9.17, 15) is 38.4 Å². The third-order valence-electron chi connectivity index (χ3n) is 10.6. The fourth-order valence-electron chi connectivity index (χ4n) is 7.30. The molecule has 18 nitrogen and oxygen atoms in total. The largest absolute Gasteiger partial charge is 0.458 e. The standard InChI is InChI=1S/C39H67N9O9/c1-11-23(8)31(42-25(10)49)35(52)46-32-24(9)57-39(56)29-15-13-17-41-48(29)37(54)27(19-21(4)5)44-34(51)28-14-12-16-40-47(28)38(55)30(22(6)7)45-33(50)26(18-20(2)3)43-36(32)53/h20-24,26-32,40-41H,11-19H2,1-10H3,(H,42,49)(H,43,53)(H,44,51)(H,45,50)(H,46,52). The Labute approximate surface area is 336 Å². The minimum absolute atomic E-state index is 0.0581. The van der Waals surface area contributed by atoms with E-state index >= 15 is 0 Å². The first kappa shape index (κ1) is 47.1. The summed E-state index contributed by atoms with van der Waals surface area (Å²) in [5.74, 6) is -6.22. The van der Waals surface area contributed by atoms with E-state index in [1.165, 1.54) is 23.9 Å². The summed E-state index contributed by atoms with van der Waals surface area (Å²) in [5.41, 5.74) is 6.02. The lowest BCUT2D eigenvalue weighted by molar-refractivity contribution is -0.167. The molecular formula is C39H67N9O9. The van der Waals surface area contributed by atoms with E-state index in [-0.39, 0.29) is 37.0 Å². The summed E-state index contributed by atoms with van der Waals surface area (Å²) in [4.78, 5) is 111. The van der Waals surface area contributed by atoms with Crippen molar-refractivity contribution < 1.29 is 43.1 Å². The highest BCUT2D eigenvalue weighted by molar-refractivity contribution is 5.98. The molecule has 3 saturated heterocycles. The molecule has 0 aromatic carbocycles. The van der Waals surface area contributed by atoms with E-state index in [0.29, 0.717) is 38.8 Å². The van der Waals surface area contributed by atoms with Crippen molar-refractivity contribution in [3.63, 3.8) is 0 Å². The lowest BCUT2D eigenvalue weighted by Crippen LogP contribution is -2.66. The number of carbonyl (C=O) groups is 8. The van der Waals surface area contributed by atoms with Crippen molar-refractivity contribution >= 4 is 47.3 Å². The molecule has 0 aromatic rings. The number of nitrogens with one attached hydrogen (secondary N) is 7. The van der Waals surface area contributed by atoms with E-state index in [1.807, 2.05) is 34.6 Å². The summed E-state index contributed by atoms with van der Waals surface area (Å²) in [6, 6.07) is -8.17. The summed E-state index contributed by atoms with van der Waals surface area (Å²) < 4.78 is 5.90. The van der Waals surface area contributed by atoms with Crippen LogP contribution in [0.25, 0.3) is 0 Å². The molecular weight excluding hydrogens is 738 g/mol. The van der Waals surface area contributed by atoms with Crippen molar-refractivity contribution in [1.82, 2.24) is 47.5 Å². The average molecular weight is 806 g/mol. The third kappa shape index (κ3) is 12.8. The van der Waals surface area contributed by atoms with E-state index < -0.39 is 102 Å². The third-order valence-corrected chi connectivity index (χ3v) is 10.6. The molecule has 3 fully saturated rings. The summed E-state index contributed by atoms with van der Waals surface area (Å²) in [6.07, 6.45) is 1.09.